The van der Waals surface area contributed by atoms with E-state index in [0.29, 0.717) is 0 Å². The van der Waals surface area contributed by atoms with E-state index in [2.05, 4.69) is 10.3 Å². The van der Waals surface area contributed by atoms with Crippen LogP contribution in [-0.2, 0) is 6.54 Å². The first-order chi connectivity index (χ1) is 9.00. The number of aromatic carboxylic acids is 2. The molecule has 2 N–H and O–H groups in total. The number of nitrogens with zero attached hydrogens (tertiary/aromatic N) is 3. The van der Waals surface area contributed by atoms with E-state index in [0.717, 1.165) is 4.68 Å². The van der Waals surface area contributed by atoms with Gasteiger partial charge < -0.3 is 10.2 Å². The Balaban J connectivity index is 2.44. The Morgan fingerprint density at radius 2 is 1.89 bits per heavy atom. The van der Waals surface area contributed by atoms with Crippen LogP contribution in [0.5, 0.6) is 0 Å². The first kappa shape index (κ1) is 12.7. The molecule has 0 bridgehead atoms. The van der Waals surface area contributed by atoms with Gasteiger partial charge in [0.15, 0.2) is 5.69 Å². The molecule has 0 saturated carbocycles. The molecule has 2 rings (SSSR count). The van der Waals surface area contributed by atoms with Crippen molar-refractivity contribution in [3.63, 3.8) is 0 Å². The Labute approximate surface area is 105 Å². The molecule has 0 saturated heterocycles. The molecule has 1 aromatic carbocycles. The fraction of sp³-hybridized carbons (Fsp3) is 0.0909. The summed E-state index contributed by atoms with van der Waals surface area (Å²) in [6.45, 7) is -0.214. The lowest BCUT2D eigenvalue weighted by atomic mass is 10.2. The van der Waals surface area contributed by atoms with Gasteiger partial charge in [-0.2, -0.15) is 0 Å². The number of hydrogen-bond donors (Lipinski definition) is 2. The van der Waals surface area contributed by atoms with E-state index in [1.807, 2.05) is 0 Å². The second kappa shape index (κ2) is 4.84. The third kappa shape index (κ3) is 2.41. The minimum Gasteiger partial charge on any atom is -0.476 e. The Bertz CT molecular complexity index is 653. The summed E-state index contributed by atoms with van der Waals surface area (Å²) in [5, 5.41) is 24.5. The first-order valence-electron chi connectivity index (χ1n) is 5.14. The lowest BCUT2D eigenvalue weighted by molar-refractivity contribution is 0.0640. The van der Waals surface area contributed by atoms with Crippen LogP contribution >= 0.6 is 0 Å². The van der Waals surface area contributed by atoms with Gasteiger partial charge in [0.1, 0.15) is 5.82 Å². The van der Waals surface area contributed by atoms with Crippen molar-refractivity contribution < 1.29 is 24.2 Å². The van der Waals surface area contributed by atoms with Gasteiger partial charge in [-0.1, -0.05) is 23.4 Å². The van der Waals surface area contributed by atoms with Crippen molar-refractivity contribution in [2.24, 2.45) is 0 Å². The quantitative estimate of drug-likeness (QED) is 0.849. The maximum atomic E-state index is 13.4. The number of carboxylic acids is 2. The molecular weight excluding hydrogens is 257 g/mol. The molecule has 0 unspecified atom stereocenters. The summed E-state index contributed by atoms with van der Waals surface area (Å²) in [4.78, 5) is 21.8. The van der Waals surface area contributed by atoms with E-state index in [4.69, 9.17) is 10.2 Å². The van der Waals surface area contributed by atoms with E-state index in [9.17, 15) is 14.0 Å². The van der Waals surface area contributed by atoms with E-state index < -0.39 is 29.1 Å². The number of rotatable bonds is 4. The van der Waals surface area contributed by atoms with Gasteiger partial charge >= 0.3 is 11.9 Å². The van der Waals surface area contributed by atoms with Crippen LogP contribution < -0.4 is 0 Å². The molecule has 0 aliphatic carbocycles. The van der Waals surface area contributed by atoms with Crippen LogP contribution in [0.2, 0.25) is 0 Å². The number of halogens is 1. The molecular formula is C11H8FN3O4. The maximum absolute atomic E-state index is 13.4. The van der Waals surface area contributed by atoms with Crippen molar-refractivity contribution >= 4 is 11.9 Å². The lowest BCUT2D eigenvalue weighted by Crippen LogP contribution is -2.15. The van der Waals surface area contributed by atoms with Gasteiger partial charge in [-0.25, -0.2) is 18.7 Å². The molecule has 0 radical (unpaired) electrons. The van der Waals surface area contributed by atoms with E-state index in [1.54, 1.807) is 6.07 Å². The highest BCUT2D eigenvalue weighted by Gasteiger charge is 2.25. The molecule has 0 spiro atoms. The van der Waals surface area contributed by atoms with Crippen LogP contribution in [0.1, 0.15) is 26.5 Å². The monoisotopic (exact) mass is 265 g/mol. The summed E-state index contributed by atoms with van der Waals surface area (Å²) in [6.07, 6.45) is 0. The lowest BCUT2D eigenvalue weighted by Gasteiger charge is -2.04. The highest BCUT2D eigenvalue weighted by Crippen LogP contribution is 2.12. The van der Waals surface area contributed by atoms with Crippen molar-refractivity contribution in [1.29, 1.82) is 0 Å². The van der Waals surface area contributed by atoms with Gasteiger partial charge in [0.05, 0.1) is 6.54 Å². The summed E-state index contributed by atoms with van der Waals surface area (Å²) in [7, 11) is 0. The highest BCUT2D eigenvalue weighted by atomic mass is 19.1. The Hall–Kier alpha value is -2.77. The highest BCUT2D eigenvalue weighted by molar-refractivity contribution is 5.98. The van der Waals surface area contributed by atoms with Gasteiger partial charge in [-0.05, 0) is 6.07 Å². The van der Waals surface area contributed by atoms with Gasteiger partial charge in [0, 0.05) is 5.56 Å². The van der Waals surface area contributed by atoms with Crippen LogP contribution in [0, 0.1) is 5.82 Å². The molecule has 1 heterocycles. The topological polar surface area (TPSA) is 105 Å². The summed E-state index contributed by atoms with van der Waals surface area (Å²) in [5.74, 6) is -3.53. The zero-order valence-electron chi connectivity index (χ0n) is 9.45. The van der Waals surface area contributed by atoms with Crippen molar-refractivity contribution in [3.8, 4) is 0 Å². The smallest absolute Gasteiger partial charge is 0.359 e. The third-order valence-electron chi connectivity index (χ3n) is 2.42. The fourth-order valence-electron chi connectivity index (χ4n) is 1.57. The SMILES string of the molecule is O=C(O)c1nnn(Cc2ccccc2F)c1C(=O)O. The van der Waals surface area contributed by atoms with Gasteiger partial charge in [0.2, 0.25) is 5.69 Å². The van der Waals surface area contributed by atoms with Gasteiger partial charge in [-0.3, -0.25) is 0 Å². The third-order valence-corrected chi connectivity index (χ3v) is 2.42. The minimum absolute atomic E-state index is 0.187. The molecule has 98 valence electrons. The van der Waals surface area contributed by atoms with Crippen LogP contribution in [0.3, 0.4) is 0 Å². The molecule has 8 heteroatoms. The molecule has 7 nitrogen and oxygen atoms in total. The average molecular weight is 265 g/mol. The predicted octanol–water partition coefficient (Wildman–Crippen LogP) is 0.862. The zero-order valence-corrected chi connectivity index (χ0v) is 9.45. The molecule has 0 atom stereocenters. The van der Waals surface area contributed by atoms with Gasteiger partial charge in [-0.15, -0.1) is 5.10 Å². The maximum Gasteiger partial charge on any atom is 0.359 e. The van der Waals surface area contributed by atoms with E-state index in [-0.39, 0.29) is 12.1 Å². The zero-order chi connectivity index (χ0) is 14.0. The fourth-order valence-corrected chi connectivity index (χ4v) is 1.57. The Kier molecular flexibility index (Phi) is 3.23. The molecule has 0 amide bonds. The Morgan fingerprint density at radius 3 is 2.47 bits per heavy atom. The van der Waals surface area contributed by atoms with Crippen molar-refractivity contribution in [2.75, 3.05) is 0 Å². The molecule has 2 aromatic rings. The Morgan fingerprint density at radius 1 is 1.21 bits per heavy atom. The van der Waals surface area contributed by atoms with E-state index in [1.165, 1.54) is 18.2 Å². The van der Waals surface area contributed by atoms with Crippen LogP contribution in [-0.4, -0.2) is 37.1 Å². The van der Waals surface area contributed by atoms with Crippen LogP contribution in [0.4, 0.5) is 4.39 Å². The van der Waals surface area contributed by atoms with E-state index >= 15 is 0 Å². The largest absolute Gasteiger partial charge is 0.476 e. The number of hydrogen-bond acceptors (Lipinski definition) is 4. The summed E-state index contributed by atoms with van der Waals surface area (Å²) in [5.41, 5.74) is -1.08. The minimum atomic E-state index is -1.50. The standard InChI is InChI=1S/C11H8FN3O4/c12-7-4-2-1-3-6(7)5-15-9(11(18)19)8(10(16)17)13-14-15/h1-4H,5H2,(H,16,17)(H,18,19). The number of carbonyl (C=O) groups is 2. The molecule has 19 heavy (non-hydrogen) atoms. The van der Waals surface area contributed by atoms with Crippen LogP contribution in [0.15, 0.2) is 24.3 Å². The molecule has 1 aromatic heterocycles. The molecule has 0 aliphatic heterocycles. The van der Waals surface area contributed by atoms with Crippen LogP contribution in [0.25, 0.3) is 0 Å². The van der Waals surface area contributed by atoms with Crippen molar-refractivity contribution in [3.05, 3.63) is 47.0 Å². The number of benzene rings is 1. The second-order valence-electron chi connectivity index (χ2n) is 3.65. The summed E-state index contributed by atoms with van der Waals surface area (Å²) < 4.78 is 14.3. The second-order valence-corrected chi connectivity index (χ2v) is 3.65. The predicted molar refractivity (Wildman–Crippen MR) is 59.4 cm³/mol. The van der Waals surface area contributed by atoms with Gasteiger partial charge in [0.25, 0.3) is 0 Å². The number of carboxylic acid groups (broad SMARTS) is 2. The molecule has 0 aliphatic rings. The summed E-state index contributed by atoms with van der Waals surface area (Å²) >= 11 is 0. The number of aromatic nitrogens is 3. The average Bonchev–Trinajstić information content (AvgIpc) is 2.76. The van der Waals surface area contributed by atoms with Crippen molar-refractivity contribution in [1.82, 2.24) is 15.0 Å². The summed E-state index contributed by atoms with van der Waals surface area (Å²) in [6, 6.07) is 5.72. The van der Waals surface area contributed by atoms with Crippen molar-refractivity contribution in [2.45, 2.75) is 6.54 Å². The normalized spacial score (nSPS) is 10.4. The molecule has 0 fully saturated rings. The first-order valence-corrected chi connectivity index (χ1v) is 5.14.